The predicted octanol–water partition coefficient (Wildman–Crippen LogP) is 5.65. The number of rotatable bonds is 0. The summed E-state index contributed by atoms with van der Waals surface area (Å²) in [6.45, 7) is 5.16. The summed E-state index contributed by atoms with van der Waals surface area (Å²) in [4.78, 5) is 0. The second-order valence-electron chi connectivity index (χ2n) is 8.17. The fourth-order valence-electron chi connectivity index (χ4n) is 6.03. The zero-order valence-corrected chi connectivity index (χ0v) is 12.7. The van der Waals surface area contributed by atoms with E-state index in [0.29, 0.717) is 10.8 Å². The first-order valence-corrected chi connectivity index (χ1v) is 8.55. The first-order chi connectivity index (χ1) is 9.13. The van der Waals surface area contributed by atoms with Gasteiger partial charge in [-0.05, 0) is 67.6 Å². The summed E-state index contributed by atoms with van der Waals surface area (Å²) >= 11 is 0. The predicted molar refractivity (Wildman–Crippen MR) is 80.9 cm³/mol. The van der Waals surface area contributed by atoms with Crippen LogP contribution in [0.1, 0.15) is 71.6 Å². The van der Waals surface area contributed by atoms with E-state index < -0.39 is 0 Å². The Morgan fingerprint density at radius 3 is 2.68 bits per heavy atom. The van der Waals surface area contributed by atoms with Crippen LogP contribution in [0.2, 0.25) is 0 Å². The van der Waals surface area contributed by atoms with E-state index in [1.54, 1.807) is 5.57 Å². The van der Waals surface area contributed by atoms with E-state index in [2.05, 4.69) is 26.0 Å². The summed E-state index contributed by atoms with van der Waals surface area (Å²) in [5.74, 6) is 1.81. The minimum Gasteiger partial charge on any atom is -0.0637 e. The number of hydrogen-bond donors (Lipinski definition) is 0. The number of fused-ring (bicyclic) bond motifs is 5. The summed E-state index contributed by atoms with van der Waals surface area (Å²) in [6.07, 6.45) is 18.2. The van der Waals surface area contributed by atoms with Crippen LogP contribution in [-0.4, -0.2) is 0 Å². The van der Waals surface area contributed by atoms with Gasteiger partial charge in [0.15, 0.2) is 0 Å². The first-order valence-electron chi connectivity index (χ1n) is 8.55. The molecule has 4 rings (SSSR count). The van der Waals surface area contributed by atoms with E-state index in [9.17, 15) is 0 Å². The van der Waals surface area contributed by atoms with Crippen LogP contribution in [0.15, 0.2) is 23.3 Å². The highest BCUT2D eigenvalue weighted by atomic mass is 14.6. The van der Waals surface area contributed by atoms with Crippen molar-refractivity contribution in [2.75, 3.05) is 0 Å². The summed E-state index contributed by atoms with van der Waals surface area (Å²) in [7, 11) is 0. The molecule has 104 valence electrons. The summed E-state index contributed by atoms with van der Waals surface area (Å²) in [5.41, 5.74) is 4.83. The molecule has 4 aliphatic rings. The molecule has 0 saturated heterocycles. The zero-order valence-electron chi connectivity index (χ0n) is 12.7. The maximum Gasteiger partial charge on any atom is -0.00476 e. The van der Waals surface area contributed by atoms with Gasteiger partial charge in [-0.2, -0.15) is 0 Å². The number of hydrogen-bond acceptors (Lipinski definition) is 0. The highest BCUT2D eigenvalue weighted by Gasteiger charge is 2.52. The SMILES string of the molecule is C[C@@]12CCC[C@H]1C1=CC=C3CCCC[C@]3(C)[C@H]1CC2. The second-order valence-corrected chi connectivity index (χ2v) is 8.17. The molecular weight excluding hydrogens is 228 g/mol. The summed E-state index contributed by atoms with van der Waals surface area (Å²) in [6, 6.07) is 0. The summed E-state index contributed by atoms with van der Waals surface area (Å²) < 4.78 is 0. The van der Waals surface area contributed by atoms with Gasteiger partial charge in [0, 0.05) is 0 Å². The normalized spacial score (nSPS) is 48.7. The van der Waals surface area contributed by atoms with Gasteiger partial charge in [0.2, 0.25) is 0 Å². The van der Waals surface area contributed by atoms with Crippen molar-refractivity contribution in [2.45, 2.75) is 71.6 Å². The average molecular weight is 256 g/mol. The Morgan fingerprint density at radius 2 is 1.79 bits per heavy atom. The van der Waals surface area contributed by atoms with Crippen molar-refractivity contribution in [3.05, 3.63) is 23.3 Å². The van der Waals surface area contributed by atoms with Gasteiger partial charge in [-0.3, -0.25) is 0 Å². The molecule has 0 heteroatoms. The molecule has 0 N–H and O–H groups in total. The smallest absolute Gasteiger partial charge is 0.00476 e. The van der Waals surface area contributed by atoms with Crippen LogP contribution in [0.4, 0.5) is 0 Å². The molecule has 0 radical (unpaired) electrons. The molecule has 0 aliphatic heterocycles. The average Bonchev–Trinajstić information content (AvgIpc) is 2.79. The molecule has 0 bridgehead atoms. The van der Waals surface area contributed by atoms with Crippen LogP contribution in [-0.2, 0) is 0 Å². The highest BCUT2D eigenvalue weighted by Crippen LogP contribution is 2.63. The molecule has 0 aromatic carbocycles. The molecule has 3 saturated carbocycles. The van der Waals surface area contributed by atoms with Crippen LogP contribution in [0.3, 0.4) is 0 Å². The molecular formula is C19H28. The molecule has 0 heterocycles. The van der Waals surface area contributed by atoms with Crippen LogP contribution in [0.5, 0.6) is 0 Å². The van der Waals surface area contributed by atoms with Crippen molar-refractivity contribution in [1.82, 2.24) is 0 Å². The van der Waals surface area contributed by atoms with Crippen molar-refractivity contribution in [2.24, 2.45) is 22.7 Å². The van der Waals surface area contributed by atoms with E-state index in [-0.39, 0.29) is 0 Å². The standard InChI is InChI=1S/C19H28/c1-18-11-5-7-16(18)15-9-8-14-6-3-4-12-19(14,2)17(15)10-13-18/h8-9,16-17H,3-7,10-13H2,1-2H3/t16-,17-,18-,19-/m0/s1. The fourth-order valence-corrected chi connectivity index (χ4v) is 6.03. The molecule has 0 amide bonds. The third-order valence-corrected chi connectivity index (χ3v) is 7.26. The lowest BCUT2D eigenvalue weighted by molar-refractivity contribution is 0.0988. The van der Waals surface area contributed by atoms with Crippen LogP contribution < -0.4 is 0 Å². The van der Waals surface area contributed by atoms with E-state index in [4.69, 9.17) is 0 Å². The van der Waals surface area contributed by atoms with Crippen molar-refractivity contribution >= 4 is 0 Å². The lowest BCUT2D eigenvalue weighted by Gasteiger charge is -2.53. The van der Waals surface area contributed by atoms with E-state index >= 15 is 0 Å². The lowest BCUT2D eigenvalue weighted by Crippen LogP contribution is -2.43. The first kappa shape index (κ1) is 12.2. The Hall–Kier alpha value is -0.520. The molecule has 3 fully saturated rings. The molecule has 0 spiro atoms. The zero-order chi connectivity index (χ0) is 13.1. The molecule has 0 aromatic rings. The van der Waals surface area contributed by atoms with Gasteiger partial charge in [0.05, 0.1) is 0 Å². The third kappa shape index (κ3) is 1.58. The quantitative estimate of drug-likeness (QED) is 0.525. The van der Waals surface area contributed by atoms with Crippen LogP contribution in [0, 0.1) is 22.7 Å². The van der Waals surface area contributed by atoms with Crippen LogP contribution >= 0.6 is 0 Å². The molecule has 0 aromatic heterocycles. The van der Waals surface area contributed by atoms with Gasteiger partial charge >= 0.3 is 0 Å². The monoisotopic (exact) mass is 256 g/mol. The van der Waals surface area contributed by atoms with E-state index in [1.165, 1.54) is 57.8 Å². The maximum atomic E-state index is 2.59. The Balaban J connectivity index is 1.76. The van der Waals surface area contributed by atoms with Crippen molar-refractivity contribution < 1.29 is 0 Å². The van der Waals surface area contributed by atoms with Crippen molar-refractivity contribution in [3.8, 4) is 0 Å². The molecule has 4 atom stereocenters. The van der Waals surface area contributed by atoms with Gasteiger partial charge in [0.25, 0.3) is 0 Å². The van der Waals surface area contributed by atoms with Gasteiger partial charge < -0.3 is 0 Å². The maximum absolute atomic E-state index is 2.59. The topological polar surface area (TPSA) is 0 Å². The molecule has 4 aliphatic carbocycles. The Kier molecular flexibility index (Phi) is 2.57. The van der Waals surface area contributed by atoms with E-state index in [0.717, 1.165) is 11.8 Å². The summed E-state index contributed by atoms with van der Waals surface area (Å²) in [5, 5.41) is 0. The molecule has 19 heavy (non-hydrogen) atoms. The fraction of sp³-hybridized carbons (Fsp3) is 0.789. The Morgan fingerprint density at radius 1 is 0.895 bits per heavy atom. The van der Waals surface area contributed by atoms with Gasteiger partial charge in [-0.1, -0.05) is 50.0 Å². The third-order valence-electron chi connectivity index (χ3n) is 7.26. The van der Waals surface area contributed by atoms with Crippen LogP contribution in [0.25, 0.3) is 0 Å². The highest BCUT2D eigenvalue weighted by molar-refractivity contribution is 5.38. The lowest BCUT2D eigenvalue weighted by atomic mass is 9.51. The minimum atomic E-state index is 0.534. The Bertz CT molecular complexity index is 455. The molecule has 0 nitrogen and oxygen atoms in total. The van der Waals surface area contributed by atoms with Gasteiger partial charge in [-0.15, -0.1) is 0 Å². The molecule has 0 unspecified atom stereocenters. The van der Waals surface area contributed by atoms with E-state index in [1.807, 2.05) is 5.57 Å². The van der Waals surface area contributed by atoms with Crippen molar-refractivity contribution in [3.63, 3.8) is 0 Å². The number of allylic oxidation sites excluding steroid dienone is 4. The van der Waals surface area contributed by atoms with Gasteiger partial charge in [0.1, 0.15) is 0 Å². The Labute approximate surface area is 118 Å². The van der Waals surface area contributed by atoms with Gasteiger partial charge in [-0.25, -0.2) is 0 Å². The minimum absolute atomic E-state index is 0.534. The van der Waals surface area contributed by atoms with Crippen molar-refractivity contribution in [1.29, 1.82) is 0 Å². The largest absolute Gasteiger partial charge is 0.0637 e. The second kappa shape index (κ2) is 3.99.